The van der Waals surface area contributed by atoms with E-state index in [0.717, 1.165) is 16.7 Å². The van der Waals surface area contributed by atoms with E-state index in [1.54, 1.807) is 6.07 Å². The summed E-state index contributed by atoms with van der Waals surface area (Å²) in [5.41, 5.74) is 3.69. The lowest BCUT2D eigenvalue weighted by molar-refractivity contribution is 0.0939. The van der Waals surface area contributed by atoms with Crippen LogP contribution in [0.4, 0.5) is 4.39 Å². The lowest BCUT2D eigenvalue weighted by Crippen LogP contribution is -2.27. The number of benzene rings is 2. The predicted octanol–water partition coefficient (Wildman–Crippen LogP) is 3.93. The smallest absolute Gasteiger partial charge is 0.251 e. The van der Waals surface area contributed by atoms with Crippen molar-refractivity contribution in [3.63, 3.8) is 0 Å². The van der Waals surface area contributed by atoms with Gasteiger partial charge in [0.1, 0.15) is 5.82 Å². The number of rotatable bonds is 3. The van der Waals surface area contributed by atoms with Gasteiger partial charge in [-0.3, -0.25) is 4.79 Å². The predicted molar refractivity (Wildman–Crippen MR) is 78.2 cm³/mol. The second-order valence-corrected chi connectivity index (χ2v) is 5.07. The Morgan fingerprint density at radius 2 is 1.90 bits per heavy atom. The number of hydrogen-bond acceptors (Lipinski definition) is 1. The Hall–Kier alpha value is -2.16. The van der Waals surface area contributed by atoms with Gasteiger partial charge in [0.15, 0.2) is 0 Å². The summed E-state index contributed by atoms with van der Waals surface area (Å²) in [7, 11) is 0. The fourth-order valence-corrected chi connectivity index (χ4v) is 2.21. The highest BCUT2D eigenvalue weighted by atomic mass is 19.1. The summed E-state index contributed by atoms with van der Waals surface area (Å²) >= 11 is 0. The molecule has 0 bridgehead atoms. The van der Waals surface area contributed by atoms with Crippen molar-refractivity contribution in [1.29, 1.82) is 0 Å². The number of carbonyl (C=O) groups is 1. The maximum atomic E-state index is 13.1. The molecule has 2 aromatic carbocycles. The van der Waals surface area contributed by atoms with E-state index < -0.39 is 5.82 Å². The first kappa shape index (κ1) is 14.3. The Kier molecular flexibility index (Phi) is 4.18. The van der Waals surface area contributed by atoms with Gasteiger partial charge in [-0.1, -0.05) is 29.8 Å². The fourth-order valence-electron chi connectivity index (χ4n) is 2.21. The summed E-state index contributed by atoms with van der Waals surface area (Å²) in [6.07, 6.45) is 0. The molecule has 0 spiro atoms. The molecule has 1 atom stereocenters. The van der Waals surface area contributed by atoms with Gasteiger partial charge >= 0.3 is 0 Å². The fraction of sp³-hybridized carbons (Fsp3) is 0.235. The van der Waals surface area contributed by atoms with Crippen molar-refractivity contribution in [2.24, 2.45) is 0 Å². The van der Waals surface area contributed by atoms with Gasteiger partial charge in [0.2, 0.25) is 0 Å². The van der Waals surface area contributed by atoms with Crippen LogP contribution in [-0.2, 0) is 0 Å². The Balaban J connectivity index is 2.17. The average Bonchev–Trinajstić information content (AvgIpc) is 2.41. The third kappa shape index (κ3) is 3.23. The van der Waals surface area contributed by atoms with Crippen LogP contribution in [0.1, 0.15) is 40.0 Å². The molecule has 3 heteroatoms. The summed E-state index contributed by atoms with van der Waals surface area (Å²) in [5.74, 6) is -0.671. The summed E-state index contributed by atoms with van der Waals surface area (Å²) in [6, 6.07) is 11.7. The van der Waals surface area contributed by atoms with Crippen molar-refractivity contribution >= 4 is 5.91 Å². The maximum Gasteiger partial charge on any atom is 0.251 e. The van der Waals surface area contributed by atoms with Crippen LogP contribution >= 0.6 is 0 Å². The Labute approximate surface area is 118 Å². The zero-order valence-corrected chi connectivity index (χ0v) is 11.9. The number of amides is 1. The van der Waals surface area contributed by atoms with Gasteiger partial charge in [0.05, 0.1) is 6.04 Å². The van der Waals surface area contributed by atoms with E-state index in [1.165, 1.54) is 18.2 Å². The molecule has 1 amide bonds. The highest BCUT2D eigenvalue weighted by Crippen LogP contribution is 2.19. The van der Waals surface area contributed by atoms with Gasteiger partial charge in [0, 0.05) is 5.56 Å². The normalized spacial score (nSPS) is 12.0. The SMILES string of the molecule is Cc1ccc(C)c(C(C)NC(=O)c2cccc(F)c2)c1. The van der Waals surface area contributed by atoms with Gasteiger partial charge < -0.3 is 5.32 Å². The molecule has 0 radical (unpaired) electrons. The van der Waals surface area contributed by atoms with Crippen LogP contribution in [0.5, 0.6) is 0 Å². The zero-order chi connectivity index (χ0) is 14.7. The van der Waals surface area contributed by atoms with Crippen LogP contribution in [0.25, 0.3) is 0 Å². The van der Waals surface area contributed by atoms with Crippen molar-refractivity contribution in [2.45, 2.75) is 26.8 Å². The highest BCUT2D eigenvalue weighted by molar-refractivity contribution is 5.94. The molecule has 2 nitrogen and oxygen atoms in total. The summed E-state index contributed by atoms with van der Waals surface area (Å²) in [5, 5.41) is 2.90. The van der Waals surface area contributed by atoms with Crippen LogP contribution in [0.3, 0.4) is 0 Å². The number of nitrogens with one attached hydrogen (secondary N) is 1. The Bertz CT molecular complexity index is 637. The standard InChI is InChI=1S/C17H18FNO/c1-11-7-8-12(2)16(9-11)13(3)19-17(20)14-5-4-6-15(18)10-14/h4-10,13H,1-3H3,(H,19,20). The molecule has 0 fully saturated rings. The van der Waals surface area contributed by atoms with Crippen molar-refractivity contribution in [1.82, 2.24) is 5.32 Å². The molecule has 0 aliphatic rings. The van der Waals surface area contributed by atoms with Crippen molar-refractivity contribution in [2.75, 3.05) is 0 Å². The first-order chi connectivity index (χ1) is 9.47. The highest BCUT2D eigenvalue weighted by Gasteiger charge is 2.13. The van der Waals surface area contributed by atoms with E-state index in [9.17, 15) is 9.18 Å². The van der Waals surface area contributed by atoms with E-state index in [-0.39, 0.29) is 11.9 Å². The molecule has 0 aliphatic heterocycles. The van der Waals surface area contributed by atoms with E-state index in [1.807, 2.05) is 32.9 Å². The van der Waals surface area contributed by atoms with E-state index in [4.69, 9.17) is 0 Å². The third-order valence-corrected chi connectivity index (χ3v) is 3.34. The average molecular weight is 271 g/mol. The maximum absolute atomic E-state index is 13.1. The molecule has 0 saturated heterocycles. The number of halogens is 1. The Morgan fingerprint density at radius 1 is 1.15 bits per heavy atom. The number of aryl methyl sites for hydroxylation is 2. The van der Waals surface area contributed by atoms with E-state index >= 15 is 0 Å². The van der Waals surface area contributed by atoms with Crippen LogP contribution in [0, 0.1) is 19.7 Å². The summed E-state index contributed by atoms with van der Waals surface area (Å²) in [6.45, 7) is 5.96. The quantitative estimate of drug-likeness (QED) is 0.900. The molecular formula is C17H18FNO. The second-order valence-electron chi connectivity index (χ2n) is 5.07. The van der Waals surface area contributed by atoms with E-state index in [0.29, 0.717) is 5.56 Å². The minimum atomic E-state index is -0.406. The second kappa shape index (κ2) is 5.87. The molecule has 1 unspecified atom stereocenters. The van der Waals surface area contributed by atoms with Crippen LogP contribution in [-0.4, -0.2) is 5.91 Å². The molecule has 2 aromatic rings. The van der Waals surface area contributed by atoms with Gasteiger partial charge in [-0.2, -0.15) is 0 Å². The van der Waals surface area contributed by atoms with Gasteiger partial charge in [0.25, 0.3) is 5.91 Å². The topological polar surface area (TPSA) is 29.1 Å². The molecule has 2 rings (SSSR count). The molecule has 0 aliphatic carbocycles. The molecule has 1 N–H and O–H groups in total. The van der Waals surface area contributed by atoms with Crippen molar-refractivity contribution in [3.8, 4) is 0 Å². The minimum Gasteiger partial charge on any atom is -0.346 e. The molecule has 0 heterocycles. The third-order valence-electron chi connectivity index (χ3n) is 3.34. The molecular weight excluding hydrogens is 253 g/mol. The lowest BCUT2D eigenvalue weighted by Gasteiger charge is -2.17. The summed E-state index contributed by atoms with van der Waals surface area (Å²) in [4.78, 5) is 12.1. The van der Waals surface area contributed by atoms with Gasteiger partial charge in [-0.05, 0) is 50.1 Å². The van der Waals surface area contributed by atoms with Crippen LogP contribution in [0.2, 0.25) is 0 Å². The van der Waals surface area contributed by atoms with Crippen LogP contribution in [0.15, 0.2) is 42.5 Å². The molecule has 20 heavy (non-hydrogen) atoms. The van der Waals surface area contributed by atoms with E-state index in [2.05, 4.69) is 11.4 Å². The number of carbonyl (C=O) groups excluding carboxylic acids is 1. The molecule has 0 aromatic heterocycles. The van der Waals surface area contributed by atoms with Gasteiger partial charge in [-0.15, -0.1) is 0 Å². The minimum absolute atomic E-state index is 0.120. The van der Waals surface area contributed by atoms with Gasteiger partial charge in [-0.25, -0.2) is 4.39 Å². The van der Waals surface area contributed by atoms with Crippen molar-refractivity contribution < 1.29 is 9.18 Å². The van der Waals surface area contributed by atoms with Crippen LogP contribution < -0.4 is 5.32 Å². The lowest BCUT2D eigenvalue weighted by atomic mass is 10.00. The number of hydrogen-bond donors (Lipinski definition) is 1. The van der Waals surface area contributed by atoms with Crippen molar-refractivity contribution in [3.05, 3.63) is 70.5 Å². The first-order valence-electron chi connectivity index (χ1n) is 6.61. The summed E-state index contributed by atoms with van der Waals surface area (Å²) < 4.78 is 13.1. The molecule has 0 saturated carbocycles. The zero-order valence-electron chi connectivity index (χ0n) is 11.9. The molecule has 104 valence electrons. The Morgan fingerprint density at radius 3 is 2.60 bits per heavy atom. The first-order valence-corrected chi connectivity index (χ1v) is 6.61. The monoisotopic (exact) mass is 271 g/mol. The largest absolute Gasteiger partial charge is 0.346 e.